The van der Waals surface area contributed by atoms with E-state index in [1.165, 1.54) is 0 Å². The molecule has 4 heterocycles. The van der Waals surface area contributed by atoms with Crippen molar-refractivity contribution in [1.82, 2.24) is 0 Å². The van der Waals surface area contributed by atoms with Crippen LogP contribution in [0.1, 0.15) is 20.8 Å². The van der Waals surface area contributed by atoms with Crippen LogP contribution in [-0.2, 0) is 0 Å². The molecule has 0 aromatic carbocycles. The Morgan fingerprint density at radius 1 is 0.810 bits per heavy atom. The van der Waals surface area contributed by atoms with Crippen LogP contribution in [0.15, 0.2) is 48.8 Å². The van der Waals surface area contributed by atoms with Crippen LogP contribution in [0.4, 0.5) is 0 Å². The van der Waals surface area contributed by atoms with Gasteiger partial charge in [-0.3, -0.25) is 0 Å². The standard InChI is InChI=1S/C14H17N2O4Si/c1-14(2,3)21(17-12-8-4-6-10-15(12)19-21)18-13-9-5-7-11-16(13)20-21/h4-11H,1-3H3/q+1. The van der Waals surface area contributed by atoms with Gasteiger partial charge >= 0.3 is 122 Å². The molecule has 21 heavy (non-hydrogen) atoms. The van der Waals surface area contributed by atoms with Crippen LogP contribution < -0.4 is 27.4 Å². The van der Waals surface area contributed by atoms with Crippen LogP contribution in [0.2, 0.25) is 5.04 Å². The van der Waals surface area contributed by atoms with E-state index in [1.807, 2.05) is 57.2 Å². The van der Waals surface area contributed by atoms with Crippen LogP contribution in [0.5, 0.6) is 11.8 Å². The molecule has 2 aliphatic rings. The first-order valence-corrected chi connectivity index (χ1v) is 9.01. The number of fused-ring (bicyclic) bond motifs is 2. The molecule has 110 valence electrons. The van der Waals surface area contributed by atoms with Gasteiger partial charge < -0.3 is 0 Å². The van der Waals surface area contributed by atoms with E-state index in [4.69, 9.17) is 17.9 Å². The fraction of sp³-hybridized carbons (Fsp3) is 0.286. The van der Waals surface area contributed by atoms with Crippen molar-refractivity contribution in [3.8, 4) is 11.8 Å². The van der Waals surface area contributed by atoms with E-state index in [0.717, 1.165) is 0 Å². The molecule has 0 atom stereocenters. The second-order valence-electron chi connectivity index (χ2n) is 6.27. The summed E-state index contributed by atoms with van der Waals surface area (Å²) in [6.45, 7) is 6.00. The first kappa shape index (κ1) is 12.5. The molecule has 6 nitrogen and oxygen atoms in total. The third-order valence-electron chi connectivity index (χ3n) is 3.87. The third-order valence-corrected chi connectivity index (χ3v) is 8.47. The van der Waals surface area contributed by atoms with E-state index in [1.54, 1.807) is 21.9 Å². The summed E-state index contributed by atoms with van der Waals surface area (Å²) < 4.78 is 27.9. The summed E-state index contributed by atoms with van der Waals surface area (Å²) in [4.78, 5) is 0. The van der Waals surface area contributed by atoms with E-state index < -0.39 is 13.4 Å². The number of hydrogen-bond acceptors (Lipinski definition) is 4. The molecule has 0 amide bonds. The minimum absolute atomic E-state index is 0.488. The molecule has 2 aromatic heterocycles. The normalized spacial score (nSPS) is 21.8. The van der Waals surface area contributed by atoms with Crippen molar-refractivity contribution in [2.45, 2.75) is 25.8 Å². The SMILES string of the molecule is CC(C)(C)[Si-]12(Oc3cccc[n+]3O1)Oc1cccc[n+]1O2. The number of hydrogen-bond donors (Lipinski definition) is 0. The quantitative estimate of drug-likeness (QED) is 0.533. The molecule has 0 saturated carbocycles. The van der Waals surface area contributed by atoms with Gasteiger partial charge in [-0.05, 0) is 0 Å². The summed E-state index contributed by atoms with van der Waals surface area (Å²) in [6, 6.07) is 11.2. The molecular formula is C14H17N2O4Si+. The molecule has 1 spiro atoms. The van der Waals surface area contributed by atoms with Gasteiger partial charge in [0.25, 0.3) is 0 Å². The summed E-state index contributed by atoms with van der Waals surface area (Å²) in [7, 11) is -4.20. The predicted octanol–water partition coefficient (Wildman–Crippen LogP) is 0.793. The minimum atomic E-state index is -4.20. The fourth-order valence-corrected chi connectivity index (χ4v) is 5.93. The maximum absolute atomic E-state index is 6.22. The van der Waals surface area contributed by atoms with Crippen molar-refractivity contribution in [3.63, 3.8) is 0 Å². The first-order valence-electron chi connectivity index (χ1n) is 6.88. The Balaban J connectivity index is 1.91. The van der Waals surface area contributed by atoms with Crippen molar-refractivity contribution in [2.24, 2.45) is 0 Å². The fourth-order valence-electron chi connectivity index (χ4n) is 2.53. The van der Waals surface area contributed by atoms with E-state index in [-0.39, 0.29) is 0 Å². The molecule has 0 fully saturated rings. The van der Waals surface area contributed by atoms with Gasteiger partial charge in [0.15, 0.2) is 0 Å². The molecule has 2 aromatic rings. The average molecular weight is 305 g/mol. The van der Waals surface area contributed by atoms with Crippen LogP contribution in [0.3, 0.4) is 0 Å². The second kappa shape index (κ2) is 3.48. The molecule has 0 saturated heterocycles. The zero-order valence-electron chi connectivity index (χ0n) is 12.1. The summed E-state index contributed by atoms with van der Waals surface area (Å²) in [5, 5.41) is -0.488. The Morgan fingerprint density at radius 3 is 1.67 bits per heavy atom. The summed E-state index contributed by atoms with van der Waals surface area (Å²) in [6.07, 6.45) is 3.57. The molecule has 2 aliphatic heterocycles. The first-order chi connectivity index (χ1) is 9.92. The van der Waals surface area contributed by atoms with E-state index >= 15 is 0 Å². The number of nitrogens with zero attached hydrogens (tertiary/aromatic N) is 2. The summed E-state index contributed by atoms with van der Waals surface area (Å²) >= 11 is 0. The Morgan fingerprint density at radius 2 is 1.29 bits per heavy atom. The second-order valence-corrected chi connectivity index (χ2v) is 10.4. The van der Waals surface area contributed by atoms with Gasteiger partial charge in [-0.15, -0.1) is 0 Å². The number of aromatic nitrogens is 2. The van der Waals surface area contributed by atoms with Crippen LogP contribution in [-0.4, -0.2) is 8.33 Å². The molecule has 0 bridgehead atoms. The maximum atomic E-state index is 6.22. The zero-order valence-corrected chi connectivity index (χ0v) is 13.1. The van der Waals surface area contributed by atoms with E-state index in [9.17, 15) is 0 Å². The topological polar surface area (TPSA) is 44.7 Å². The summed E-state index contributed by atoms with van der Waals surface area (Å²) in [5.41, 5.74) is 0. The van der Waals surface area contributed by atoms with Crippen LogP contribution >= 0.6 is 0 Å². The zero-order chi connectivity index (χ0) is 14.7. The number of pyridine rings is 2. The van der Waals surface area contributed by atoms with Crippen molar-refractivity contribution in [2.75, 3.05) is 0 Å². The predicted molar refractivity (Wildman–Crippen MR) is 73.2 cm³/mol. The van der Waals surface area contributed by atoms with E-state index in [2.05, 4.69) is 0 Å². The Labute approximate surface area is 122 Å². The summed E-state index contributed by atoms with van der Waals surface area (Å²) in [5.74, 6) is 1.16. The van der Waals surface area contributed by atoms with Crippen molar-refractivity contribution in [1.29, 1.82) is 0 Å². The third kappa shape index (κ3) is 1.41. The van der Waals surface area contributed by atoms with Gasteiger partial charge in [-0.2, -0.15) is 0 Å². The van der Waals surface area contributed by atoms with Gasteiger partial charge in [0.05, 0.1) is 0 Å². The molecule has 0 unspecified atom stereocenters. The van der Waals surface area contributed by atoms with Gasteiger partial charge in [0.1, 0.15) is 0 Å². The Bertz CT molecular complexity index is 631. The molecule has 0 aliphatic carbocycles. The molecule has 0 radical (unpaired) electrons. The molecular weight excluding hydrogens is 288 g/mol. The van der Waals surface area contributed by atoms with Gasteiger partial charge in [-0.25, -0.2) is 0 Å². The van der Waals surface area contributed by atoms with Gasteiger partial charge in [0.2, 0.25) is 0 Å². The molecule has 0 N–H and O–H groups in total. The van der Waals surface area contributed by atoms with Crippen molar-refractivity contribution >= 4 is 8.33 Å². The van der Waals surface area contributed by atoms with Crippen LogP contribution in [0.25, 0.3) is 0 Å². The molecule has 7 heteroatoms. The average Bonchev–Trinajstić information content (AvgIpc) is 2.93. The Kier molecular flexibility index (Phi) is 2.06. The van der Waals surface area contributed by atoms with Gasteiger partial charge in [-0.1, -0.05) is 0 Å². The Hall–Kier alpha value is -2.28. The van der Waals surface area contributed by atoms with Crippen molar-refractivity contribution < 1.29 is 27.4 Å². The number of rotatable bonds is 0. The molecule has 4 rings (SSSR count). The van der Waals surface area contributed by atoms with Crippen molar-refractivity contribution in [3.05, 3.63) is 48.8 Å². The van der Waals surface area contributed by atoms with Crippen LogP contribution in [0, 0.1) is 0 Å². The monoisotopic (exact) mass is 305 g/mol. The van der Waals surface area contributed by atoms with Gasteiger partial charge in [0, 0.05) is 0 Å². The van der Waals surface area contributed by atoms with E-state index in [0.29, 0.717) is 11.8 Å².